The Morgan fingerprint density at radius 1 is 1.00 bits per heavy atom. The quantitative estimate of drug-likeness (QED) is 0.688. The van der Waals surface area contributed by atoms with Gasteiger partial charge in [0, 0.05) is 11.6 Å². The molecule has 0 saturated carbocycles. The van der Waals surface area contributed by atoms with Crippen molar-refractivity contribution in [1.29, 1.82) is 0 Å². The lowest BCUT2D eigenvalue weighted by Crippen LogP contribution is -2.29. The lowest BCUT2D eigenvalue weighted by atomic mass is 10.1. The Morgan fingerprint density at radius 3 is 2.39 bits per heavy atom. The molecule has 0 saturated heterocycles. The Balaban J connectivity index is 1.85. The summed E-state index contributed by atoms with van der Waals surface area (Å²) in [5, 5.41) is 6.80. The second-order valence-corrected chi connectivity index (χ2v) is 8.27. The highest BCUT2D eigenvalue weighted by Gasteiger charge is 2.18. The summed E-state index contributed by atoms with van der Waals surface area (Å²) in [7, 11) is -3.50. The SMILES string of the molecule is CCS(=O)(=O)c1ccccc1NC(=O)Cn1nc(-c2ccccc2)ccc1=O. The monoisotopic (exact) mass is 397 g/mol. The normalized spacial score (nSPS) is 11.2. The van der Waals surface area contributed by atoms with Crippen molar-refractivity contribution in [2.75, 3.05) is 11.1 Å². The molecule has 0 unspecified atom stereocenters. The van der Waals surface area contributed by atoms with E-state index in [4.69, 9.17) is 0 Å². The highest BCUT2D eigenvalue weighted by atomic mass is 32.2. The molecule has 7 nitrogen and oxygen atoms in total. The standard InChI is InChI=1S/C20H19N3O4S/c1-2-28(26,27)18-11-7-6-10-17(18)21-19(24)14-23-20(25)13-12-16(22-23)15-8-4-3-5-9-15/h3-13H,2,14H2,1H3,(H,21,24). The van der Waals surface area contributed by atoms with Gasteiger partial charge in [-0.05, 0) is 18.2 Å². The van der Waals surface area contributed by atoms with Crippen molar-refractivity contribution >= 4 is 21.4 Å². The number of amides is 1. The number of nitrogens with zero attached hydrogens (tertiary/aromatic N) is 2. The second kappa shape index (κ2) is 8.18. The van der Waals surface area contributed by atoms with Crippen molar-refractivity contribution in [3.05, 3.63) is 77.1 Å². The topological polar surface area (TPSA) is 98.1 Å². The van der Waals surface area contributed by atoms with Gasteiger partial charge in [0.05, 0.1) is 22.0 Å². The smallest absolute Gasteiger partial charge is 0.267 e. The number of benzene rings is 2. The molecule has 1 aromatic heterocycles. The van der Waals surface area contributed by atoms with Gasteiger partial charge in [-0.25, -0.2) is 13.1 Å². The minimum absolute atomic E-state index is 0.0455. The van der Waals surface area contributed by atoms with Crippen molar-refractivity contribution in [2.45, 2.75) is 18.4 Å². The highest BCUT2D eigenvalue weighted by molar-refractivity contribution is 7.91. The summed E-state index contributed by atoms with van der Waals surface area (Å²) in [5.74, 6) is -0.626. The number of hydrogen-bond acceptors (Lipinski definition) is 5. The van der Waals surface area contributed by atoms with E-state index in [1.54, 1.807) is 18.2 Å². The fourth-order valence-electron chi connectivity index (χ4n) is 2.65. The van der Waals surface area contributed by atoms with Crippen LogP contribution in [-0.4, -0.2) is 29.9 Å². The van der Waals surface area contributed by atoms with E-state index >= 15 is 0 Å². The van der Waals surface area contributed by atoms with Crippen LogP contribution in [-0.2, 0) is 21.2 Å². The molecule has 0 aliphatic rings. The van der Waals surface area contributed by atoms with E-state index in [2.05, 4.69) is 10.4 Å². The first-order valence-electron chi connectivity index (χ1n) is 8.66. The lowest BCUT2D eigenvalue weighted by molar-refractivity contribution is -0.117. The van der Waals surface area contributed by atoms with Crippen LogP contribution in [0.4, 0.5) is 5.69 Å². The first kappa shape index (κ1) is 19.5. The average Bonchev–Trinajstić information content (AvgIpc) is 2.70. The summed E-state index contributed by atoms with van der Waals surface area (Å²) in [5.41, 5.74) is 1.13. The van der Waals surface area contributed by atoms with Gasteiger partial charge in [-0.1, -0.05) is 49.4 Å². The fourth-order valence-corrected chi connectivity index (χ4v) is 3.70. The molecule has 1 heterocycles. The number of nitrogens with one attached hydrogen (secondary N) is 1. The Labute approximate surface area is 162 Å². The number of rotatable bonds is 6. The number of sulfone groups is 1. The maximum atomic E-state index is 12.4. The highest BCUT2D eigenvalue weighted by Crippen LogP contribution is 2.22. The third kappa shape index (κ3) is 4.34. The number of anilines is 1. The molecular formula is C20H19N3O4S. The van der Waals surface area contributed by atoms with Crippen LogP contribution in [0.5, 0.6) is 0 Å². The van der Waals surface area contributed by atoms with E-state index < -0.39 is 21.3 Å². The van der Waals surface area contributed by atoms with Crippen LogP contribution in [0.15, 0.2) is 76.4 Å². The predicted octanol–water partition coefficient (Wildman–Crippen LogP) is 2.34. The van der Waals surface area contributed by atoms with Crippen LogP contribution in [0, 0.1) is 0 Å². The molecular weight excluding hydrogens is 378 g/mol. The van der Waals surface area contributed by atoms with E-state index in [0.29, 0.717) is 5.69 Å². The Hall–Kier alpha value is -3.26. The summed E-state index contributed by atoms with van der Waals surface area (Å²) in [6.07, 6.45) is 0. The van der Waals surface area contributed by atoms with Crippen molar-refractivity contribution in [3.63, 3.8) is 0 Å². The molecule has 2 aromatic carbocycles. The summed E-state index contributed by atoms with van der Waals surface area (Å²) >= 11 is 0. The number of aromatic nitrogens is 2. The molecule has 0 aliphatic carbocycles. The van der Waals surface area contributed by atoms with Gasteiger partial charge in [-0.2, -0.15) is 5.10 Å². The molecule has 0 fully saturated rings. The Kier molecular flexibility index (Phi) is 5.70. The summed E-state index contributed by atoms with van der Waals surface area (Å²) in [6.45, 7) is 1.20. The summed E-state index contributed by atoms with van der Waals surface area (Å²) in [4.78, 5) is 24.6. The minimum Gasteiger partial charge on any atom is -0.323 e. The summed E-state index contributed by atoms with van der Waals surface area (Å²) in [6, 6.07) is 18.4. The summed E-state index contributed by atoms with van der Waals surface area (Å²) < 4.78 is 25.4. The number of para-hydroxylation sites is 1. The first-order valence-corrected chi connectivity index (χ1v) is 10.3. The largest absolute Gasteiger partial charge is 0.323 e. The van der Waals surface area contributed by atoms with Crippen LogP contribution in [0.25, 0.3) is 11.3 Å². The molecule has 0 atom stereocenters. The van der Waals surface area contributed by atoms with E-state index in [9.17, 15) is 18.0 Å². The predicted molar refractivity (Wildman–Crippen MR) is 107 cm³/mol. The van der Waals surface area contributed by atoms with Crippen LogP contribution < -0.4 is 10.9 Å². The zero-order valence-electron chi connectivity index (χ0n) is 15.2. The van der Waals surface area contributed by atoms with Gasteiger partial charge in [0.15, 0.2) is 9.84 Å². The molecule has 0 bridgehead atoms. The van der Waals surface area contributed by atoms with Gasteiger partial charge in [0.1, 0.15) is 6.54 Å². The average molecular weight is 397 g/mol. The molecule has 3 aromatic rings. The maximum absolute atomic E-state index is 12.4. The van der Waals surface area contributed by atoms with Crippen LogP contribution >= 0.6 is 0 Å². The van der Waals surface area contributed by atoms with E-state index in [1.165, 1.54) is 25.1 Å². The lowest BCUT2D eigenvalue weighted by Gasteiger charge is -2.11. The number of carbonyl (C=O) groups is 1. The number of hydrogen-bond donors (Lipinski definition) is 1. The minimum atomic E-state index is -3.50. The van der Waals surface area contributed by atoms with E-state index in [-0.39, 0.29) is 22.9 Å². The van der Waals surface area contributed by atoms with Gasteiger partial charge in [0.25, 0.3) is 5.56 Å². The fraction of sp³-hybridized carbons (Fsp3) is 0.150. The molecule has 0 radical (unpaired) electrons. The van der Waals surface area contributed by atoms with Crippen molar-refractivity contribution in [2.24, 2.45) is 0 Å². The number of carbonyl (C=O) groups excluding carboxylic acids is 1. The third-order valence-corrected chi connectivity index (χ3v) is 5.89. The second-order valence-electron chi connectivity index (χ2n) is 6.03. The zero-order valence-corrected chi connectivity index (χ0v) is 16.0. The van der Waals surface area contributed by atoms with Gasteiger partial charge in [-0.3, -0.25) is 9.59 Å². The van der Waals surface area contributed by atoms with E-state index in [0.717, 1.165) is 10.2 Å². The van der Waals surface area contributed by atoms with Crippen LogP contribution in [0.1, 0.15) is 6.92 Å². The maximum Gasteiger partial charge on any atom is 0.267 e. The molecule has 28 heavy (non-hydrogen) atoms. The first-order chi connectivity index (χ1) is 13.4. The molecule has 0 spiro atoms. The zero-order chi connectivity index (χ0) is 20.1. The Morgan fingerprint density at radius 2 is 1.68 bits per heavy atom. The van der Waals surface area contributed by atoms with Crippen molar-refractivity contribution < 1.29 is 13.2 Å². The van der Waals surface area contributed by atoms with Gasteiger partial charge < -0.3 is 5.32 Å². The van der Waals surface area contributed by atoms with Crippen LogP contribution in [0.3, 0.4) is 0 Å². The third-order valence-electron chi connectivity index (χ3n) is 4.11. The molecule has 1 amide bonds. The molecule has 1 N–H and O–H groups in total. The van der Waals surface area contributed by atoms with Gasteiger partial charge >= 0.3 is 0 Å². The molecule has 0 aliphatic heterocycles. The molecule has 3 rings (SSSR count). The molecule has 8 heteroatoms. The van der Waals surface area contributed by atoms with E-state index in [1.807, 2.05) is 30.3 Å². The Bertz CT molecular complexity index is 1160. The van der Waals surface area contributed by atoms with Crippen LogP contribution in [0.2, 0.25) is 0 Å². The van der Waals surface area contributed by atoms with Gasteiger partial charge in [-0.15, -0.1) is 0 Å². The van der Waals surface area contributed by atoms with Crippen molar-refractivity contribution in [3.8, 4) is 11.3 Å². The van der Waals surface area contributed by atoms with Crippen molar-refractivity contribution in [1.82, 2.24) is 9.78 Å². The molecule has 144 valence electrons. The van der Waals surface area contributed by atoms with Gasteiger partial charge in [0.2, 0.25) is 5.91 Å².